The first-order valence-electron chi connectivity index (χ1n) is 13.7. The number of nitrogens with one attached hydrogen (secondary N) is 2. The zero-order chi connectivity index (χ0) is 29.5. The summed E-state index contributed by atoms with van der Waals surface area (Å²) < 4.78 is 27.1. The van der Waals surface area contributed by atoms with Crippen LogP contribution in [0.25, 0.3) is 0 Å². The summed E-state index contributed by atoms with van der Waals surface area (Å²) in [5, 5.41) is 5.75. The zero-order valence-corrected chi connectivity index (χ0v) is 22.9. The minimum absolute atomic E-state index is 0.190. The van der Waals surface area contributed by atoms with Gasteiger partial charge in [-0.05, 0) is 72.6 Å². The van der Waals surface area contributed by atoms with E-state index in [0.29, 0.717) is 60.7 Å². The lowest BCUT2D eigenvalue weighted by molar-refractivity contribution is 0.0766. The third-order valence-corrected chi connectivity index (χ3v) is 7.10. The molecule has 0 aliphatic carbocycles. The van der Waals surface area contributed by atoms with Crippen molar-refractivity contribution in [2.45, 2.75) is 13.0 Å². The van der Waals surface area contributed by atoms with Crippen LogP contribution in [-0.4, -0.2) is 48.8 Å². The van der Waals surface area contributed by atoms with Crippen LogP contribution in [0.2, 0.25) is 0 Å². The van der Waals surface area contributed by atoms with Crippen LogP contribution in [0.15, 0.2) is 97.1 Å². The molecule has 7 nitrogen and oxygen atoms in total. The van der Waals surface area contributed by atoms with Crippen LogP contribution in [-0.2, 0) is 6.54 Å². The molecule has 214 valence electrons. The molecule has 0 spiro atoms. The third-order valence-electron chi connectivity index (χ3n) is 7.10. The van der Waals surface area contributed by atoms with Crippen LogP contribution >= 0.6 is 0 Å². The van der Waals surface area contributed by atoms with Gasteiger partial charge in [0.1, 0.15) is 11.6 Å². The lowest BCUT2D eigenvalue weighted by atomic mass is 10.1. The van der Waals surface area contributed by atoms with Crippen LogP contribution in [0, 0.1) is 11.6 Å². The first kappa shape index (κ1) is 28.5. The number of hydrogen-bond donors (Lipinski definition) is 2. The fourth-order valence-corrected chi connectivity index (χ4v) is 4.91. The van der Waals surface area contributed by atoms with Crippen LogP contribution in [0.1, 0.15) is 43.1 Å². The van der Waals surface area contributed by atoms with Gasteiger partial charge in [-0.1, -0.05) is 36.4 Å². The summed E-state index contributed by atoms with van der Waals surface area (Å²) in [6, 6.07) is 25.5. The van der Waals surface area contributed by atoms with Crippen LogP contribution in [0.4, 0.5) is 20.2 Å². The molecule has 1 heterocycles. The van der Waals surface area contributed by atoms with Gasteiger partial charge in [-0.3, -0.25) is 14.4 Å². The molecule has 1 aliphatic rings. The summed E-state index contributed by atoms with van der Waals surface area (Å²) in [4.78, 5) is 43.1. The average Bonchev–Trinajstić information content (AvgIpc) is 3.27. The SMILES string of the molecule is O=C(Nc1ccc(N2CCCN(C(=O)c3cccc(F)c3)CC2)c(C(=O)NCc2ccc(F)cc2)c1)c1ccccc1. The second-order valence-electron chi connectivity index (χ2n) is 10.0. The highest BCUT2D eigenvalue weighted by Crippen LogP contribution is 2.27. The lowest BCUT2D eigenvalue weighted by Gasteiger charge is -2.26. The number of halogens is 2. The third kappa shape index (κ3) is 6.98. The summed E-state index contributed by atoms with van der Waals surface area (Å²) in [7, 11) is 0. The normalized spacial score (nSPS) is 13.3. The highest BCUT2D eigenvalue weighted by Gasteiger charge is 2.24. The molecule has 4 aromatic rings. The molecular formula is C33H30F2N4O3. The number of hydrogen-bond acceptors (Lipinski definition) is 4. The van der Waals surface area contributed by atoms with Crippen LogP contribution in [0.5, 0.6) is 0 Å². The molecule has 0 unspecified atom stereocenters. The van der Waals surface area contributed by atoms with Gasteiger partial charge in [-0.15, -0.1) is 0 Å². The van der Waals surface area contributed by atoms with Crippen molar-refractivity contribution in [2.75, 3.05) is 36.4 Å². The number of nitrogens with zero attached hydrogens (tertiary/aromatic N) is 2. The molecule has 0 aromatic heterocycles. The molecule has 0 radical (unpaired) electrons. The smallest absolute Gasteiger partial charge is 0.255 e. The Hall–Kier alpha value is -5.05. The molecular weight excluding hydrogens is 538 g/mol. The van der Waals surface area contributed by atoms with Crippen molar-refractivity contribution in [3.8, 4) is 0 Å². The molecule has 1 aliphatic heterocycles. The predicted molar refractivity (Wildman–Crippen MR) is 158 cm³/mol. The molecule has 42 heavy (non-hydrogen) atoms. The number of anilines is 2. The maximum absolute atomic E-state index is 13.7. The summed E-state index contributed by atoms with van der Waals surface area (Å²) in [5.41, 5.74) is 2.98. The Morgan fingerprint density at radius 1 is 0.690 bits per heavy atom. The first-order chi connectivity index (χ1) is 20.4. The maximum Gasteiger partial charge on any atom is 0.255 e. The Balaban J connectivity index is 1.36. The van der Waals surface area contributed by atoms with Gasteiger partial charge >= 0.3 is 0 Å². The van der Waals surface area contributed by atoms with Gasteiger partial charge in [0.25, 0.3) is 17.7 Å². The van der Waals surface area contributed by atoms with Gasteiger partial charge < -0.3 is 20.4 Å². The first-order valence-corrected chi connectivity index (χ1v) is 13.7. The number of amides is 3. The van der Waals surface area contributed by atoms with E-state index >= 15 is 0 Å². The molecule has 2 N–H and O–H groups in total. The van der Waals surface area contributed by atoms with Crippen molar-refractivity contribution < 1.29 is 23.2 Å². The Morgan fingerprint density at radius 2 is 1.45 bits per heavy atom. The van der Waals surface area contributed by atoms with Gasteiger partial charge in [-0.25, -0.2) is 8.78 Å². The molecule has 9 heteroatoms. The van der Waals surface area contributed by atoms with E-state index in [9.17, 15) is 23.2 Å². The molecule has 0 atom stereocenters. The number of carbonyl (C=O) groups excluding carboxylic acids is 3. The van der Waals surface area contributed by atoms with E-state index in [1.54, 1.807) is 65.6 Å². The zero-order valence-electron chi connectivity index (χ0n) is 22.9. The molecule has 4 aromatic carbocycles. The van der Waals surface area contributed by atoms with E-state index in [1.165, 1.54) is 30.3 Å². The van der Waals surface area contributed by atoms with Crippen LogP contribution in [0.3, 0.4) is 0 Å². The van der Waals surface area contributed by atoms with Crippen molar-refractivity contribution in [3.63, 3.8) is 0 Å². The summed E-state index contributed by atoms with van der Waals surface area (Å²) in [6.07, 6.45) is 0.643. The van der Waals surface area contributed by atoms with Gasteiger partial charge in [-0.2, -0.15) is 0 Å². The van der Waals surface area contributed by atoms with E-state index in [4.69, 9.17) is 0 Å². The molecule has 1 fully saturated rings. The van der Waals surface area contributed by atoms with E-state index < -0.39 is 5.82 Å². The molecule has 1 saturated heterocycles. The molecule has 5 rings (SSSR count). The Bertz CT molecular complexity index is 1580. The second kappa shape index (κ2) is 13.1. The van der Waals surface area contributed by atoms with E-state index in [-0.39, 0.29) is 30.1 Å². The quantitative estimate of drug-likeness (QED) is 0.309. The number of benzene rings is 4. The minimum atomic E-state index is -0.465. The van der Waals surface area contributed by atoms with E-state index in [1.807, 2.05) is 11.0 Å². The fourth-order valence-electron chi connectivity index (χ4n) is 4.91. The second-order valence-corrected chi connectivity index (χ2v) is 10.0. The largest absolute Gasteiger partial charge is 0.369 e. The number of carbonyl (C=O) groups is 3. The molecule has 0 saturated carbocycles. The van der Waals surface area contributed by atoms with E-state index in [2.05, 4.69) is 10.6 Å². The minimum Gasteiger partial charge on any atom is -0.369 e. The summed E-state index contributed by atoms with van der Waals surface area (Å²) in [5.74, 6) is -1.73. The Labute approximate surface area is 242 Å². The standard InChI is InChI=1S/C33H30F2N4O3/c34-26-12-10-23(11-13-26)22-36-32(41)29-21-28(37-31(40)24-6-2-1-3-7-24)14-15-30(29)38-16-5-17-39(19-18-38)33(42)25-8-4-9-27(35)20-25/h1-4,6-15,20-21H,5,16-19,22H2,(H,36,41)(H,37,40). The highest BCUT2D eigenvalue weighted by atomic mass is 19.1. The maximum atomic E-state index is 13.7. The highest BCUT2D eigenvalue weighted by molar-refractivity contribution is 6.06. The van der Waals surface area contributed by atoms with Gasteiger partial charge in [0.05, 0.1) is 5.56 Å². The lowest BCUT2D eigenvalue weighted by Crippen LogP contribution is -2.36. The van der Waals surface area contributed by atoms with Crippen molar-refractivity contribution in [1.82, 2.24) is 10.2 Å². The topological polar surface area (TPSA) is 81.8 Å². The average molecular weight is 569 g/mol. The molecule has 3 amide bonds. The fraction of sp³-hybridized carbons (Fsp3) is 0.182. The van der Waals surface area contributed by atoms with E-state index in [0.717, 1.165) is 5.56 Å². The Kier molecular flexibility index (Phi) is 8.87. The van der Waals surface area contributed by atoms with Crippen molar-refractivity contribution in [1.29, 1.82) is 0 Å². The number of rotatable bonds is 7. The van der Waals surface area contributed by atoms with Gasteiger partial charge in [0, 0.05) is 55.2 Å². The summed E-state index contributed by atoms with van der Waals surface area (Å²) >= 11 is 0. The van der Waals surface area contributed by atoms with Crippen molar-refractivity contribution in [3.05, 3.63) is 131 Å². The van der Waals surface area contributed by atoms with Gasteiger partial charge in [0.15, 0.2) is 0 Å². The van der Waals surface area contributed by atoms with Crippen LogP contribution < -0.4 is 15.5 Å². The van der Waals surface area contributed by atoms with Gasteiger partial charge in [0.2, 0.25) is 0 Å². The van der Waals surface area contributed by atoms with Crippen molar-refractivity contribution >= 4 is 29.1 Å². The Morgan fingerprint density at radius 3 is 2.21 bits per heavy atom. The predicted octanol–water partition coefficient (Wildman–Crippen LogP) is 5.50. The summed E-state index contributed by atoms with van der Waals surface area (Å²) in [6.45, 7) is 2.10. The monoisotopic (exact) mass is 568 g/mol. The molecule has 0 bridgehead atoms. The van der Waals surface area contributed by atoms with Crippen molar-refractivity contribution in [2.24, 2.45) is 0 Å².